The molecule has 0 heterocycles. The van der Waals surface area contributed by atoms with E-state index < -0.39 is 0 Å². The molecule has 0 rings (SSSR count). The Labute approximate surface area is 121 Å². The fourth-order valence-electron chi connectivity index (χ4n) is 1.74. The lowest BCUT2D eigenvalue weighted by atomic mass is 10.1. The minimum atomic E-state index is 0.783. The van der Waals surface area contributed by atoms with Crippen LogP contribution in [0.5, 0.6) is 0 Å². The zero-order chi connectivity index (χ0) is 13.6. The zero-order valence-electron chi connectivity index (χ0n) is 12.3. The molecule has 18 heavy (non-hydrogen) atoms. The van der Waals surface area contributed by atoms with Gasteiger partial charge in [0.2, 0.25) is 0 Å². The zero-order valence-corrected chi connectivity index (χ0v) is 13.9. The lowest BCUT2D eigenvalue weighted by Gasteiger charge is -2.23. The van der Waals surface area contributed by atoms with E-state index in [1.54, 1.807) is 0 Å². The molecule has 0 fully saturated rings. The van der Waals surface area contributed by atoms with Crippen molar-refractivity contribution in [2.45, 2.75) is 33.6 Å². The number of ether oxygens (including phenoxy) is 2. The molecule has 0 bridgehead atoms. The molecule has 4 heteroatoms. The molecule has 1 atom stereocenters. The number of hydrogen-bond donors (Lipinski definition) is 0. The highest BCUT2D eigenvalue weighted by Gasteiger charge is 2.08. The highest BCUT2D eigenvalue weighted by Crippen LogP contribution is 2.10. The lowest BCUT2D eigenvalue weighted by Crippen LogP contribution is -2.32. The van der Waals surface area contributed by atoms with Crippen molar-refractivity contribution in [1.29, 1.82) is 0 Å². The summed E-state index contributed by atoms with van der Waals surface area (Å²) < 4.78 is 10.9. The summed E-state index contributed by atoms with van der Waals surface area (Å²) in [6.45, 7) is 12.9. The Balaban J connectivity index is 3.79. The van der Waals surface area contributed by atoms with E-state index in [9.17, 15) is 0 Å². The monoisotopic (exact) mass is 323 g/mol. The first-order valence-electron chi connectivity index (χ1n) is 7.18. The Morgan fingerprint density at radius 2 is 1.50 bits per heavy atom. The van der Waals surface area contributed by atoms with Crippen LogP contribution in [0.15, 0.2) is 0 Å². The first-order chi connectivity index (χ1) is 8.74. The largest absolute Gasteiger partial charge is 0.380 e. The van der Waals surface area contributed by atoms with E-state index in [1.807, 2.05) is 13.8 Å². The maximum Gasteiger partial charge on any atom is 0.0593 e. The van der Waals surface area contributed by atoms with E-state index in [0.29, 0.717) is 0 Å². The molecule has 0 aromatic heterocycles. The molecular weight excluding hydrogens is 294 g/mol. The van der Waals surface area contributed by atoms with Gasteiger partial charge in [0.15, 0.2) is 0 Å². The molecule has 110 valence electrons. The predicted molar refractivity (Wildman–Crippen MR) is 81.6 cm³/mol. The molecule has 0 amide bonds. The van der Waals surface area contributed by atoms with Gasteiger partial charge in [-0.2, -0.15) is 0 Å². The molecule has 0 aromatic carbocycles. The Kier molecular flexibility index (Phi) is 14.1. The van der Waals surface area contributed by atoms with E-state index in [0.717, 1.165) is 57.3 Å². The maximum atomic E-state index is 5.43. The average molecular weight is 324 g/mol. The highest BCUT2D eigenvalue weighted by atomic mass is 79.9. The molecule has 0 saturated carbocycles. The Morgan fingerprint density at radius 3 is 1.94 bits per heavy atom. The van der Waals surface area contributed by atoms with Crippen LogP contribution < -0.4 is 0 Å². The summed E-state index contributed by atoms with van der Waals surface area (Å²) in [6.07, 6.45) is 2.51. The standard InChI is InChI=1S/C14H30BrNO2/c1-4-17-12-10-16(11-13-18-5-2)9-7-14(3)6-8-15/h14H,4-13H2,1-3H3. The van der Waals surface area contributed by atoms with Crippen LogP contribution in [0.3, 0.4) is 0 Å². The van der Waals surface area contributed by atoms with Crippen LogP contribution in [0.4, 0.5) is 0 Å². The van der Waals surface area contributed by atoms with E-state index >= 15 is 0 Å². The predicted octanol–water partition coefficient (Wildman–Crippen LogP) is 3.17. The first kappa shape index (κ1) is 18.4. The molecule has 0 aliphatic heterocycles. The third-order valence-electron chi connectivity index (χ3n) is 3.05. The normalized spacial score (nSPS) is 13.2. The second kappa shape index (κ2) is 13.8. The van der Waals surface area contributed by atoms with Crippen LogP contribution in [0.1, 0.15) is 33.6 Å². The summed E-state index contributed by atoms with van der Waals surface area (Å²) in [6, 6.07) is 0. The summed E-state index contributed by atoms with van der Waals surface area (Å²) >= 11 is 3.51. The minimum Gasteiger partial charge on any atom is -0.380 e. The van der Waals surface area contributed by atoms with Gasteiger partial charge in [-0.25, -0.2) is 0 Å². The molecule has 3 nitrogen and oxygen atoms in total. The number of hydrogen-bond acceptors (Lipinski definition) is 3. The van der Waals surface area contributed by atoms with Gasteiger partial charge in [-0.3, -0.25) is 4.90 Å². The van der Waals surface area contributed by atoms with Crippen molar-refractivity contribution < 1.29 is 9.47 Å². The van der Waals surface area contributed by atoms with E-state index in [1.165, 1.54) is 12.8 Å². The maximum absolute atomic E-state index is 5.43. The Morgan fingerprint density at radius 1 is 0.944 bits per heavy atom. The van der Waals surface area contributed by atoms with E-state index in [-0.39, 0.29) is 0 Å². The molecular formula is C14H30BrNO2. The second-order valence-corrected chi connectivity index (χ2v) is 5.40. The lowest BCUT2D eigenvalue weighted by molar-refractivity contribution is 0.0805. The van der Waals surface area contributed by atoms with Crippen molar-refractivity contribution in [3.63, 3.8) is 0 Å². The summed E-state index contributed by atoms with van der Waals surface area (Å²) in [5, 5.41) is 1.10. The van der Waals surface area contributed by atoms with Gasteiger partial charge in [0, 0.05) is 31.6 Å². The fraction of sp³-hybridized carbons (Fsp3) is 1.00. The summed E-state index contributed by atoms with van der Waals surface area (Å²) in [5.74, 6) is 0.783. The first-order valence-corrected chi connectivity index (χ1v) is 8.30. The van der Waals surface area contributed by atoms with E-state index in [2.05, 4.69) is 27.8 Å². The van der Waals surface area contributed by atoms with Crippen molar-refractivity contribution in [3.8, 4) is 0 Å². The summed E-state index contributed by atoms with van der Waals surface area (Å²) in [7, 11) is 0. The van der Waals surface area contributed by atoms with Gasteiger partial charge in [0.05, 0.1) is 13.2 Å². The molecule has 0 aromatic rings. The van der Waals surface area contributed by atoms with E-state index in [4.69, 9.17) is 9.47 Å². The number of alkyl halides is 1. The molecule has 0 aliphatic rings. The number of halogens is 1. The molecule has 0 saturated heterocycles. The van der Waals surface area contributed by atoms with Gasteiger partial charge in [-0.05, 0) is 39.2 Å². The summed E-state index contributed by atoms with van der Waals surface area (Å²) in [4.78, 5) is 2.45. The Bertz CT molecular complexity index is 160. The van der Waals surface area contributed by atoms with Crippen LogP contribution in [-0.4, -0.2) is 56.3 Å². The van der Waals surface area contributed by atoms with Crippen molar-refractivity contribution >= 4 is 15.9 Å². The van der Waals surface area contributed by atoms with Crippen molar-refractivity contribution in [2.75, 3.05) is 51.4 Å². The quantitative estimate of drug-likeness (QED) is 0.384. The van der Waals surface area contributed by atoms with Gasteiger partial charge < -0.3 is 9.47 Å². The van der Waals surface area contributed by atoms with Crippen molar-refractivity contribution in [1.82, 2.24) is 4.90 Å². The second-order valence-electron chi connectivity index (χ2n) is 4.61. The van der Waals surface area contributed by atoms with Crippen LogP contribution in [0.25, 0.3) is 0 Å². The number of rotatable bonds is 13. The third kappa shape index (κ3) is 11.5. The highest BCUT2D eigenvalue weighted by molar-refractivity contribution is 9.09. The van der Waals surface area contributed by atoms with Crippen molar-refractivity contribution in [2.24, 2.45) is 5.92 Å². The van der Waals surface area contributed by atoms with Gasteiger partial charge in [0.25, 0.3) is 0 Å². The molecule has 0 spiro atoms. The third-order valence-corrected chi connectivity index (χ3v) is 3.51. The van der Waals surface area contributed by atoms with Crippen LogP contribution in [0.2, 0.25) is 0 Å². The SMILES string of the molecule is CCOCCN(CCOCC)CCC(C)CCBr. The molecule has 0 aliphatic carbocycles. The van der Waals surface area contributed by atoms with Gasteiger partial charge in [-0.1, -0.05) is 22.9 Å². The molecule has 1 unspecified atom stereocenters. The minimum absolute atomic E-state index is 0.783. The average Bonchev–Trinajstić information content (AvgIpc) is 2.36. The summed E-state index contributed by atoms with van der Waals surface area (Å²) in [5.41, 5.74) is 0. The fourth-order valence-corrected chi connectivity index (χ4v) is 2.53. The smallest absolute Gasteiger partial charge is 0.0593 e. The number of nitrogens with zero attached hydrogens (tertiary/aromatic N) is 1. The van der Waals surface area contributed by atoms with Crippen LogP contribution in [0, 0.1) is 5.92 Å². The topological polar surface area (TPSA) is 21.7 Å². The van der Waals surface area contributed by atoms with Crippen LogP contribution >= 0.6 is 15.9 Å². The molecule has 0 N–H and O–H groups in total. The van der Waals surface area contributed by atoms with Gasteiger partial charge in [0.1, 0.15) is 0 Å². The van der Waals surface area contributed by atoms with Gasteiger partial charge >= 0.3 is 0 Å². The van der Waals surface area contributed by atoms with Crippen LogP contribution in [-0.2, 0) is 9.47 Å². The van der Waals surface area contributed by atoms with Crippen molar-refractivity contribution in [3.05, 3.63) is 0 Å². The Hall–Kier alpha value is 0.360. The van der Waals surface area contributed by atoms with Gasteiger partial charge in [-0.15, -0.1) is 0 Å². The molecule has 0 radical (unpaired) electrons.